The summed E-state index contributed by atoms with van der Waals surface area (Å²) in [5.41, 5.74) is 0.736. The van der Waals surface area contributed by atoms with E-state index in [1.54, 1.807) is 6.07 Å². The highest BCUT2D eigenvalue weighted by Gasteiger charge is 2.24. The molecule has 0 spiro atoms. The molecule has 0 radical (unpaired) electrons. The quantitative estimate of drug-likeness (QED) is 0.863. The molecule has 2 aromatic rings. The maximum atomic E-state index is 12.5. The number of ether oxygens (including phenoxy) is 1. The Bertz CT molecular complexity index is 774. The Kier molecular flexibility index (Phi) is 5.34. The van der Waals surface area contributed by atoms with E-state index in [0.29, 0.717) is 5.75 Å². The number of sulfonamides is 1. The molecule has 0 unspecified atom stereocenters. The van der Waals surface area contributed by atoms with E-state index in [9.17, 15) is 8.42 Å². The lowest BCUT2D eigenvalue weighted by Crippen LogP contribution is -2.36. The molecule has 0 saturated heterocycles. The van der Waals surface area contributed by atoms with E-state index in [0.717, 1.165) is 5.56 Å². The van der Waals surface area contributed by atoms with Crippen molar-refractivity contribution in [3.8, 4) is 5.75 Å². The number of benzene rings is 2. The van der Waals surface area contributed by atoms with Gasteiger partial charge in [0.2, 0.25) is 10.0 Å². The van der Waals surface area contributed by atoms with Crippen molar-refractivity contribution in [2.24, 2.45) is 0 Å². The number of nitrogens with one attached hydrogen (secondary N) is 1. The molecule has 0 aliphatic rings. The van der Waals surface area contributed by atoms with E-state index in [4.69, 9.17) is 16.3 Å². The van der Waals surface area contributed by atoms with Crippen molar-refractivity contribution in [3.63, 3.8) is 0 Å². The molecule has 0 amide bonds. The zero-order valence-corrected chi connectivity index (χ0v) is 14.9. The van der Waals surface area contributed by atoms with Gasteiger partial charge in [-0.1, -0.05) is 55.8 Å². The van der Waals surface area contributed by atoms with Crippen molar-refractivity contribution in [1.82, 2.24) is 4.72 Å². The Morgan fingerprint density at radius 1 is 1.13 bits per heavy atom. The van der Waals surface area contributed by atoms with Gasteiger partial charge in [0.05, 0.1) is 17.0 Å². The summed E-state index contributed by atoms with van der Waals surface area (Å²) in [6.45, 7) is 4.26. The minimum Gasteiger partial charge on any atom is -0.495 e. The van der Waals surface area contributed by atoms with Crippen LogP contribution in [0, 0.1) is 0 Å². The van der Waals surface area contributed by atoms with Crippen LogP contribution in [-0.4, -0.2) is 22.1 Å². The van der Waals surface area contributed by atoms with E-state index in [1.165, 1.54) is 19.2 Å². The minimum absolute atomic E-state index is 0.118. The SMILES string of the molecule is COc1ccc(S(=O)(=O)NCC(C)(C)c2ccccc2)cc1Cl. The smallest absolute Gasteiger partial charge is 0.240 e. The minimum atomic E-state index is -3.64. The van der Waals surface area contributed by atoms with Gasteiger partial charge in [-0.2, -0.15) is 0 Å². The summed E-state index contributed by atoms with van der Waals surface area (Å²) in [6.07, 6.45) is 0. The molecular formula is C17H20ClNO3S. The van der Waals surface area contributed by atoms with Gasteiger partial charge in [-0.25, -0.2) is 13.1 Å². The van der Waals surface area contributed by atoms with Crippen LogP contribution in [0.15, 0.2) is 53.4 Å². The van der Waals surface area contributed by atoms with Crippen LogP contribution in [0.3, 0.4) is 0 Å². The van der Waals surface area contributed by atoms with Crippen molar-refractivity contribution < 1.29 is 13.2 Å². The molecule has 2 rings (SSSR count). The summed E-state index contributed by atoms with van der Waals surface area (Å²) >= 11 is 6.00. The molecule has 0 saturated carbocycles. The Labute approximate surface area is 142 Å². The molecule has 6 heteroatoms. The summed E-state index contributed by atoms with van der Waals surface area (Å²) in [7, 11) is -2.16. The molecule has 1 N–H and O–H groups in total. The highest BCUT2D eigenvalue weighted by molar-refractivity contribution is 7.89. The fourth-order valence-electron chi connectivity index (χ4n) is 2.16. The van der Waals surface area contributed by atoms with Crippen LogP contribution in [0.2, 0.25) is 5.02 Å². The van der Waals surface area contributed by atoms with Gasteiger partial charge in [-0.3, -0.25) is 0 Å². The summed E-state index contributed by atoms with van der Waals surface area (Å²) in [6, 6.07) is 14.2. The second kappa shape index (κ2) is 6.91. The van der Waals surface area contributed by atoms with Gasteiger partial charge in [0.25, 0.3) is 0 Å². The largest absolute Gasteiger partial charge is 0.495 e. The lowest BCUT2D eigenvalue weighted by Gasteiger charge is -2.25. The fraction of sp³-hybridized carbons (Fsp3) is 0.294. The zero-order valence-electron chi connectivity index (χ0n) is 13.3. The van der Waals surface area contributed by atoms with Crippen LogP contribution < -0.4 is 9.46 Å². The number of hydrogen-bond acceptors (Lipinski definition) is 3. The highest BCUT2D eigenvalue weighted by Crippen LogP contribution is 2.27. The maximum absolute atomic E-state index is 12.5. The first-order valence-electron chi connectivity index (χ1n) is 7.15. The van der Waals surface area contributed by atoms with Gasteiger partial charge in [0, 0.05) is 12.0 Å². The van der Waals surface area contributed by atoms with Gasteiger partial charge in [0.15, 0.2) is 0 Å². The Morgan fingerprint density at radius 3 is 2.35 bits per heavy atom. The molecule has 0 bridgehead atoms. The lowest BCUT2D eigenvalue weighted by atomic mass is 9.85. The average Bonchev–Trinajstić information content (AvgIpc) is 2.54. The average molecular weight is 354 g/mol. The van der Waals surface area contributed by atoms with Crippen molar-refractivity contribution in [2.75, 3.05) is 13.7 Å². The fourth-order valence-corrected chi connectivity index (χ4v) is 3.72. The third-order valence-corrected chi connectivity index (χ3v) is 5.39. The predicted octanol–water partition coefficient (Wildman–Crippen LogP) is 3.60. The van der Waals surface area contributed by atoms with Gasteiger partial charge in [0.1, 0.15) is 5.75 Å². The molecule has 2 aromatic carbocycles. The first kappa shape index (κ1) is 17.8. The molecule has 0 aromatic heterocycles. The van der Waals surface area contributed by atoms with E-state index in [2.05, 4.69) is 4.72 Å². The standard InChI is InChI=1S/C17H20ClNO3S/c1-17(2,13-7-5-4-6-8-13)12-19-23(20,21)14-9-10-16(22-3)15(18)11-14/h4-11,19H,12H2,1-3H3. The van der Waals surface area contributed by atoms with E-state index < -0.39 is 10.0 Å². The number of hydrogen-bond donors (Lipinski definition) is 1. The highest BCUT2D eigenvalue weighted by atomic mass is 35.5. The van der Waals surface area contributed by atoms with Gasteiger partial charge < -0.3 is 4.74 Å². The van der Waals surface area contributed by atoms with Crippen LogP contribution in [0.5, 0.6) is 5.75 Å². The van der Waals surface area contributed by atoms with E-state index >= 15 is 0 Å². The maximum Gasteiger partial charge on any atom is 0.240 e. The van der Waals surface area contributed by atoms with E-state index in [-0.39, 0.29) is 21.9 Å². The second-order valence-corrected chi connectivity index (χ2v) is 8.04. The Morgan fingerprint density at radius 2 is 1.78 bits per heavy atom. The molecule has 0 aliphatic heterocycles. The normalized spacial score (nSPS) is 12.2. The monoisotopic (exact) mass is 353 g/mol. The molecule has 4 nitrogen and oxygen atoms in total. The summed E-state index contributed by atoms with van der Waals surface area (Å²) in [4.78, 5) is 0.118. The van der Waals surface area contributed by atoms with Gasteiger partial charge in [-0.05, 0) is 23.8 Å². The van der Waals surface area contributed by atoms with Crippen LogP contribution >= 0.6 is 11.6 Å². The van der Waals surface area contributed by atoms with Crippen molar-refractivity contribution >= 4 is 21.6 Å². The van der Waals surface area contributed by atoms with Crippen LogP contribution in [0.1, 0.15) is 19.4 Å². The topological polar surface area (TPSA) is 55.4 Å². The van der Waals surface area contributed by atoms with Gasteiger partial charge in [-0.15, -0.1) is 0 Å². The molecule has 0 heterocycles. The van der Waals surface area contributed by atoms with Gasteiger partial charge >= 0.3 is 0 Å². The number of methoxy groups -OCH3 is 1. The summed E-state index contributed by atoms with van der Waals surface area (Å²) in [5, 5.41) is 0.262. The second-order valence-electron chi connectivity index (χ2n) is 5.87. The van der Waals surface area contributed by atoms with Crippen LogP contribution in [0.4, 0.5) is 0 Å². The molecule has 124 valence electrons. The van der Waals surface area contributed by atoms with Crippen molar-refractivity contribution in [3.05, 3.63) is 59.1 Å². The molecule has 0 fully saturated rings. The van der Waals surface area contributed by atoms with Crippen LogP contribution in [-0.2, 0) is 15.4 Å². The predicted molar refractivity (Wildman–Crippen MR) is 92.7 cm³/mol. The molecule has 0 aliphatic carbocycles. The summed E-state index contributed by atoms with van der Waals surface area (Å²) in [5.74, 6) is 0.440. The zero-order chi connectivity index (χ0) is 17.1. The van der Waals surface area contributed by atoms with Crippen molar-refractivity contribution in [2.45, 2.75) is 24.2 Å². The van der Waals surface area contributed by atoms with Crippen molar-refractivity contribution in [1.29, 1.82) is 0 Å². The third kappa shape index (κ3) is 4.25. The molecule has 0 atom stereocenters. The number of rotatable bonds is 6. The summed E-state index contributed by atoms with van der Waals surface area (Å²) < 4.78 is 32.6. The molecule has 23 heavy (non-hydrogen) atoms. The lowest BCUT2D eigenvalue weighted by molar-refractivity contribution is 0.414. The first-order valence-corrected chi connectivity index (χ1v) is 9.01. The Hall–Kier alpha value is -1.56. The third-order valence-electron chi connectivity index (χ3n) is 3.69. The van der Waals surface area contributed by atoms with Crippen LogP contribution in [0.25, 0.3) is 0 Å². The first-order chi connectivity index (χ1) is 10.8. The van der Waals surface area contributed by atoms with E-state index in [1.807, 2.05) is 44.2 Å². The molecular weight excluding hydrogens is 334 g/mol. The Balaban J connectivity index is 2.17. The number of halogens is 1.